The summed E-state index contributed by atoms with van der Waals surface area (Å²) in [5.41, 5.74) is 17.7. The van der Waals surface area contributed by atoms with Crippen LogP contribution in [0.5, 0.6) is 63.2 Å². The Labute approximate surface area is 896 Å². The third-order valence-corrected chi connectivity index (χ3v) is 25.3. The van der Waals surface area contributed by atoms with Gasteiger partial charge in [0.1, 0.15) is 40.2 Å². The molecule has 149 heavy (non-hydrogen) atoms. The number of hydrogen-bond acceptors (Lipinski definition) is 20. The molecular formula is C129H180O20. The van der Waals surface area contributed by atoms with Gasteiger partial charge < -0.3 is 94.7 Å². The van der Waals surface area contributed by atoms with Gasteiger partial charge in [-0.05, 0) is 312 Å². The monoisotopic (exact) mass is 2050 g/mol. The zero-order valence-electron chi connectivity index (χ0n) is 94.4. The molecule has 0 aliphatic heterocycles. The Hall–Kier alpha value is -11.9. The molecule has 4 aliphatic rings. The standard InChI is InChI=1S/C21H28O2.C16H24O2.2C15H22O2.C14H20O2.C13H18O2.C12H16O3.C12H16O2.C11H14O3/c1-3-16-4-6-20(7-5-16)23-15(2)22-14-21-11-17-8-18(12-21)10-19(9-17)13-21;1-4-6-7-8-9-15-12-14(5-2)10-11-16(15)18-13-17-3;1-6-12-8-9-14(17-11-16-5)13(10-12)15(3,4)7-2;1-4-6-7-8-14-11-13(5-2)9-10-15(14)17-12-16-3;1-6-11-7-8-13(16-10-15-5)12(9-11)14(2,3)4;1-5-11-6-7-13(15-9-14-4)12(8-11)10(2)3;1-4-10-6-7-11(15-9-13-3)12(8-10)14-5-2;1-4-10-6-7-12(14-9-13-3)11(5-2)8-10;1-4-9-5-6-10(14-8-12-2)11(7-9)13-3/h3-7,15,17-19H,1,8-14H2,2H3;5,10-12H,2,4,6-9,13H2,1,3H3;6,8-10H,1,7,11H2,2-5H3;5,9-11H,2,4,6-8,12H2,1,3H3;6-9H,1,10H2,2-5H3;5-8,10H,1,9H2,2-4H3;4,6-8H,1,5,9H2,2-3H3;4,6-8H,1,5,9H2,2-3H3;4-7H,1,8H2,2-3H3. The summed E-state index contributed by atoms with van der Waals surface area (Å²) in [7, 11) is 14.5. The summed E-state index contributed by atoms with van der Waals surface area (Å²) in [5, 5.41) is 0. The first-order valence-electron chi connectivity index (χ1n) is 52.1. The smallest absolute Gasteiger partial charge is 0.196 e. The number of benzene rings is 9. The predicted molar refractivity (Wildman–Crippen MR) is 620 cm³/mol. The van der Waals surface area contributed by atoms with Gasteiger partial charge >= 0.3 is 0 Å². The van der Waals surface area contributed by atoms with Crippen molar-refractivity contribution in [2.24, 2.45) is 23.2 Å². The maximum Gasteiger partial charge on any atom is 0.196 e. The van der Waals surface area contributed by atoms with Crippen LogP contribution in [-0.4, -0.2) is 138 Å². The van der Waals surface area contributed by atoms with Crippen LogP contribution < -0.4 is 52.1 Å². The Kier molecular flexibility index (Phi) is 64.3. The molecule has 9 aromatic rings. The summed E-state index contributed by atoms with van der Waals surface area (Å²) >= 11 is 0. The van der Waals surface area contributed by atoms with Crippen LogP contribution >= 0.6 is 0 Å². The highest BCUT2D eigenvalue weighted by Gasteiger charge is 2.51. The van der Waals surface area contributed by atoms with E-state index < -0.39 is 0 Å². The zero-order chi connectivity index (χ0) is 110. The molecule has 4 saturated carbocycles. The molecule has 13 rings (SSSR count). The molecule has 20 heteroatoms. The third-order valence-electron chi connectivity index (χ3n) is 25.3. The number of rotatable bonds is 54. The normalized spacial score (nSPS) is 14.3. The van der Waals surface area contributed by atoms with Crippen LogP contribution in [0.3, 0.4) is 0 Å². The van der Waals surface area contributed by atoms with Gasteiger partial charge in [-0.2, -0.15) is 0 Å². The predicted octanol–water partition coefficient (Wildman–Crippen LogP) is 32.7. The molecule has 4 bridgehead atoms. The van der Waals surface area contributed by atoms with Gasteiger partial charge in [0, 0.05) is 68.0 Å². The molecule has 9 aromatic carbocycles. The number of hydrogen-bond donors (Lipinski definition) is 0. The molecule has 816 valence electrons. The maximum absolute atomic E-state index is 6.14. The molecule has 0 heterocycles. The van der Waals surface area contributed by atoms with Crippen molar-refractivity contribution in [2.75, 3.05) is 132 Å². The molecule has 4 fully saturated rings. The molecule has 1 atom stereocenters. The lowest BCUT2D eigenvalue weighted by Crippen LogP contribution is -2.48. The Bertz CT molecular complexity index is 5230. The highest BCUT2D eigenvalue weighted by atomic mass is 16.7. The first-order valence-corrected chi connectivity index (χ1v) is 52.1. The molecule has 0 spiro atoms. The Balaban J connectivity index is 0.000000350. The largest absolute Gasteiger partial charge is 0.493 e. The van der Waals surface area contributed by atoms with E-state index in [4.69, 9.17) is 94.7 Å². The van der Waals surface area contributed by atoms with Gasteiger partial charge in [0.15, 0.2) is 83.6 Å². The fourth-order valence-electron chi connectivity index (χ4n) is 17.4. The van der Waals surface area contributed by atoms with E-state index in [9.17, 15) is 0 Å². The molecule has 0 radical (unpaired) electrons. The first kappa shape index (κ1) is 129. The summed E-state index contributed by atoms with van der Waals surface area (Å²) < 4.78 is 106. The average molecular weight is 2050 g/mol. The molecular weight excluding hydrogens is 1870 g/mol. The highest BCUT2D eigenvalue weighted by molar-refractivity contribution is 5.60. The van der Waals surface area contributed by atoms with Crippen molar-refractivity contribution in [3.05, 3.63) is 313 Å². The van der Waals surface area contributed by atoms with Crippen molar-refractivity contribution in [1.82, 2.24) is 0 Å². The van der Waals surface area contributed by atoms with E-state index in [1.165, 1.54) is 117 Å². The fourth-order valence-corrected chi connectivity index (χ4v) is 17.4. The number of ether oxygens (including phenoxy) is 20. The van der Waals surface area contributed by atoms with Gasteiger partial charge in [0.2, 0.25) is 0 Å². The minimum absolute atomic E-state index is 0.0437. The Morgan fingerprint density at radius 1 is 0.315 bits per heavy atom. The molecule has 4 aliphatic carbocycles. The van der Waals surface area contributed by atoms with Crippen molar-refractivity contribution in [3.8, 4) is 63.2 Å². The third kappa shape index (κ3) is 47.9. The van der Waals surface area contributed by atoms with Crippen LogP contribution in [-0.2, 0) is 72.7 Å². The average Bonchev–Trinajstić information content (AvgIpc) is 0.748. The summed E-state index contributed by atoms with van der Waals surface area (Å²) in [6.07, 6.45) is 37.7. The number of aryl methyl sites for hydroxylation is 3. The van der Waals surface area contributed by atoms with Crippen LogP contribution in [0, 0.1) is 23.2 Å². The summed E-state index contributed by atoms with van der Waals surface area (Å²) in [4.78, 5) is 0. The van der Waals surface area contributed by atoms with Crippen molar-refractivity contribution in [3.63, 3.8) is 0 Å². The van der Waals surface area contributed by atoms with Gasteiger partial charge in [-0.25, -0.2) is 0 Å². The van der Waals surface area contributed by atoms with Crippen molar-refractivity contribution in [1.29, 1.82) is 0 Å². The van der Waals surface area contributed by atoms with Gasteiger partial charge in [0.05, 0.1) is 20.3 Å². The van der Waals surface area contributed by atoms with E-state index in [0.717, 1.165) is 140 Å². The molecule has 1 unspecified atom stereocenters. The van der Waals surface area contributed by atoms with Gasteiger partial charge in [0.25, 0.3) is 0 Å². The van der Waals surface area contributed by atoms with Crippen molar-refractivity contribution < 1.29 is 94.7 Å². The highest BCUT2D eigenvalue weighted by Crippen LogP contribution is 2.60. The lowest BCUT2D eigenvalue weighted by atomic mass is 9.50. The lowest BCUT2D eigenvalue weighted by Gasteiger charge is -2.56. The number of unbranched alkanes of at least 4 members (excludes halogenated alkanes) is 5. The summed E-state index contributed by atoms with van der Waals surface area (Å²) in [6.45, 7) is 65.3. The van der Waals surface area contributed by atoms with Gasteiger partial charge in [-0.15, -0.1) is 0 Å². The minimum atomic E-state index is -0.183. The minimum Gasteiger partial charge on any atom is -0.493 e. The molecule has 0 N–H and O–H groups in total. The second-order valence-corrected chi connectivity index (χ2v) is 38.4. The van der Waals surface area contributed by atoms with Crippen LogP contribution in [0.25, 0.3) is 54.7 Å². The van der Waals surface area contributed by atoms with E-state index in [-0.39, 0.29) is 51.1 Å². The zero-order valence-corrected chi connectivity index (χ0v) is 94.4. The van der Waals surface area contributed by atoms with E-state index in [1.807, 2.05) is 190 Å². The van der Waals surface area contributed by atoms with E-state index >= 15 is 0 Å². The van der Waals surface area contributed by atoms with Gasteiger partial charge in [-0.1, -0.05) is 283 Å². The van der Waals surface area contributed by atoms with Crippen LogP contribution in [0.1, 0.15) is 269 Å². The lowest BCUT2D eigenvalue weighted by molar-refractivity contribution is -0.146. The van der Waals surface area contributed by atoms with Crippen molar-refractivity contribution >= 4 is 54.7 Å². The summed E-state index contributed by atoms with van der Waals surface area (Å²) in [5.74, 6) is 12.4. The quantitative estimate of drug-likeness (QED) is 0.0259. The fraction of sp³-hybridized carbons (Fsp3) is 0.442. The van der Waals surface area contributed by atoms with Crippen molar-refractivity contribution in [2.45, 2.75) is 222 Å². The van der Waals surface area contributed by atoms with E-state index in [0.29, 0.717) is 61.3 Å². The maximum atomic E-state index is 6.14. The topological polar surface area (TPSA) is 185 Å². The molecule has 0 amide bonds. The number of methoxy groups -OCH3 is 9. The summed E-state index contributed by atoms with van der Waals surface area (Å²) in [6, 6.07) is 55.9. The second kappa shape index (κ2) is 74.1. The van der Waals surface area contributed by atoms with Gasteiger partial charge in [-0.3, -0.25) is 0 Å². The van der Waals surface area contributed by atoms with Crippen LogP contribution in [0.15, 0.2) is 229 Å². The Morgan fingerprint density at radius 2 is 0.624 bits per heavy atom. The second-order valence-electron chi connectivity index (χ2n) is 38.4. The van der Waals surface area contributed by atoms with E-state index in [1.54, 1.807) is 76.1 Å². The SMILES string of the molecule is C=Cc1ccc(OC(C)OCC23CC4CC(CC(C4)C2)C3)cc1.C=Cc1ccc(OCOC)c(C(C)(C)C)c1.C=Cc1ccc(OCOC)c(C(C)(C)CC)c1.C=Cc1ccc(OCOC)c(C(C)C)c1.C=Cc1ccc(OCOC)c(CC)c1.C=Cc1ccc(OCOC)c(CCCCC)c1.C=Cc1ccc(OCOC)c(CCCCCC)c1.C=Cc1ccc(OCOC)c(OC)c1.C=Cc1ccc(OCOC)c(OCC)c1. The molecule has 0 saturated heterocycles. The van der Waals surface area contributed by atoms with Crippen LogP contribution in [0.4, 0.5) is 0 Å². The Morgan fingerprint density at radius 3 is 0.993 bits per heavy atom. The molecule has 0 aromatic heterocycles. The van der Waals surface area contributed by atoms with Crippen LogP contribution in [0.2, 0.25) is 0 Å². The first-order chi connectivity index (χ1) is 71.9. The van der Waals surface area contributed by atoms with E-state index in [2.05, 4.69) is 172 Å². The molecule has 20 nitrogen and oxygen atoms in total.